The number of carbonyl (C=O) groups is 6. The Morgan fingerprint density at radius 3 is 1.06 bits per heavy atom. The molecule has 0 rings (SSSR count). The summed E-state index contributed by atoms with van der Waals surface area (Å²) in [6.07, 6.45) is 0.439. The van der Waals surface area contributed by atoms with Gasteiger partial charge in [-0.3, -0.25) is 28.8 Å². The van der Waals surface area contributed by atoms with Gasteiger partial charge in [0.05, 0.1) is 32.7 Å². The van der Waals surface area contributed by atoms with Crippen molar-refractivity contribution in [2.45, 2.75) is 33.6 Å². The summed E-state index contributed by atoms with van der Waals surface area (Å²) in [6, 6.07) is 0. The predicted molar refractivity (Wildman–Crippen MR) is 129 cm³/mol. The minimum absolute atomic E-state index is 0.0247. The van der Waals surface area contributed by atoms with Crippen LogP contribution < -0.4 is 5.73 Å². The van der Waals surface area contributed by atoms with Crippen molar-refractivity contribution < 1.29 is 28.8 Å². The predicted octanol–water partition coefficient (Wildman–Crippen LogP) is -1.37. The Morgan fingerprint density at radius 1 is 0.529 bits per heavy atom. The molecule has 12 nitrogen and oxygen atoms in total. The molecule has 0 fully saturated rings. The van der Waals surface area contributed by atoms with Crippen LogP contribution >= 0.6 is 0 Å². The zero-order chi connectivity index (χ0) is 27.0. The number of nitrogens with two attached hydrogens (primary N) is 1. The van der Waals surface area contributed by atoms with Gasteiger partial charge in [-0.1, -0.05) is 20.8 Å². The Labute approximate surface area is 203 Å². The molecule has 0 bridgehead atoms. The van der Waals surface area contributed by atoms with Crippen molar-refractivity contribution in [3.63, 3.8) is 0 Å². The van der Waals surface area contributed by atoms with Gasteiger partial charge in [-0.15, -0.1) is 0 Å². The number of hydrogen-bond acceptors (Lipinski definition) is 7. The molecule has 0 aromatic rings. The molecule has 2 N–H and O–H groups in total. The fourth-order valence-electron chi connectivity index (χ4n) is 2.43. The topological polar surface area (TPSA) is 145 Å². The molecule has 0 aliphatic carbocycles. The van der Waals surface area contributed by atoms with Crippen LogP contribution in [0.2, 0.25) is 0 Å². The summed E-state index contributed by atoms with van der Waals surface area (Å²) in [5, 5.41) is 0. The number of rotatable bonds is 13. The van der Waals surface area contributed by atoms with E-state index < -0.39 is 23.6 Å². The molecule has 0 spiro atoms. The first-order valence-corrected chi connectivity index (χ1v) is 11.3. The van der Waals surface area contributed by atoms with Gasteiger partial charge in [-0.2, -0.15) is 0 Å². The Bertz CT molecular complexity index is 714. The van der Waals surface area contributed by atoms with Crippen LogP contribution in [0, 0.1) is 0 Å². The SMILES string of the molecule is CC.CCC(=O)CN(C)C(=O)CN(C)C(=O)CN(C)C(=O)CN(C)C(=O)CN(C)C(=O)CCN. The fraction of sp³-hybridized carbons (Fsp3) is 0.727. The second-order valence-electron chi connectivity index (χ2n) is 7.68. The lowest BCUT2D eigenvalue weighted by molar-refractivity contribution is -0.145. The highest BCUT2D eigenvalue weighted by atomic mass is 16.2. The van der Waals surface area contributed by atoms with E-state index in [4.69, 9.17) is 5.73 Å². The first-order valence-electron chi connectivity index (χ1n) is 11.3. The van der Waals surface area contributed by atoms with Crippen molar-refractivity contribution in [1.82, 2.24) is 24.5 Å². The van der Waals surface area contributed by atoms with Crippen LogP contribution in [0.25, 0.3) is 0 Å². The number of ketones is 1. The van der Waals surface area contributed by atoms with E-state index in [0.717, 1.165) is 4.90 Å². The second-order valence-corrected chi connectivity index (χ2v) is 7.68. The summed E-state index contributed by atoms with van der Waals surface area (Å²) in [5.74, 6) is -2.13. The average Bonchev–Trinajstić information content (AvgIpc) is 2.79. The van der Waals surface area contributed by atoms with E-state index in [0.29, 0.717) is 6.42 Å². The number of amides is 5. The van der Waals surface area contributed by atoms with E-state index in [-0.39, 0.29) is 57.4 Å². The number of Topliss-reactive ketones (excluding diaryl/α,β-unsaturated/α-hetero) is 1. The molecule has 34 heavy (non-hydrogen) atoms. The highest BCUT2D eigenvalue weighted by Gasteiger charge is 2.22. The zero-order valence-electron chi connectivity index (χ0n) is 21.9. The molecule has 0 aliphatic rings. The lowest BCUT2D eigenvalue weighted by Crippen LogP contribution is -2.47. The fourth-order valence-corrected chi connectivity index (χ4v) is 2.43. The third-order valence-electron chi connectivity index (χ3n) is 4.78. The van der Waals surface area contributed by atoms with Crippen LogP contribution in [0.4, 0.5) is 0 Å². The minimum Gasteiger partial charge on any atom is -0.337 e. The Hall–Kier alpha value is -3.02. The zero-order valence-corrected chi connectivity index (χ0v) is 21.9. The van der Waals surface area contributed by atoms with Gasteiger partial charge < -0.3 is 30.2 Å². The van der Waals surface area contributed by atoms with Crippen molar-refractivity contribution in [2.75, 3.05) is 74.5 Å². The Balaban J connectivity index is 0. The van der Waals surface area contributed by atoms with Gasteiger partial charge in [0.2, 0.25) is 29.5 Å². The molecule has 0 aliphatic heterocycles. The van der Waals surface area contributed by atoms with Gasteiger partial charge in [0.1, 0.15) is 0 Å². The van der Waals surface area contributed by atoms with Crippen LogP contribution in [-0.4, -0.2) is 134 Å². The monoisotopic (exact) mass is 486 g/mol. The number of likely N-dealkylation sites (N-methyl/N-ethyl adjacent to an activating group) is 5. The quantitative estimate of drug-likeness (QED) is 0.338. The van der Waals surface area contributed by atoms with Crippen LogP contribution in [0.15, 0.2) is 0 Å². The molecule has 0 radical (unpaired) electrons. The normalized spacial score (nSPS) is 9.79. The van der Waals surface area contributed by atoms with Gasteiger partial charge in [0.15, 0.2) is 5.78 Å². The highest BCUT2D eigenvalue weighted by Crippen LogP contribution is 1.98. The van der Waals surface area contributed by atoms with E-state index >= 15 is 0 Å². The standard InChI is InChI=1S/C20H36N6O6.C2H6/c1-7-15(27)10-22(2)17(29)12-24(4)19(31)14-26(6)20(32)13-25(5)18(30)11-23(3)16(28)8-9-21;1-2/h7-14,21H2,1-6H3;1-2H3. The van der Waals surface area contributed by atoms with Crippen molar-refractivity contribution in [3.8, 4) is 0 Å². The van der Waals surface area contributed by atoms with E-state index in [9.17, 15) is 28.8 Å². The summed E-state index contributed by atoms with van der Waals surface area (Å²) in [5.41, 5.74) is 5.33. The lowest BCUT2D eigenvalue weighted by Gasteiger charge is -2.26. The summed E-state index contributed by atoms with van der Waals surface area (Å²) in [4.78, 5) is 78.3. The molecular formula is C22H42N6O6. The van der Waals surface area contributed by atoms with Crippen LogP contribution in [0.5, 0.6) is 0 Å². The molecule has 0 saturated carbocycles. The summed E-state index contributed by atoms with van der Waals surface area (Å²) >= 11 is 0. The van der Waals surface area contributed by atoms with Gasteiger partial charge in [0.25, 0.3) is 0 Å². The minimum atomic E-state index is -0.476. The molecule has 0 aromatic heterocycles. The largest absolute Gasteiger partial charge is 0.337 e. The van der Waals surface area contributed by atoms with Crippen molar-refractivity contribution in [2.24, 2.45) is 5.73 Å². The maximum absolute atomic E-state index is 12.4. The molecule has 0 unspecified atom stereocenters. The van der Waals surface area contributed by atoms with Gasteiger partial charge in [0, 0.05) is 54.6 Å². The molecular weight excluding hydrogens is 444 g/mol. The van der Waals surface area contributed by atoms with E-state index in [1.165, 1.54) is 54.8 Å². The number of hydrogen-bond donors (Lipinski definition) is 1. The molecule has 12 heteroatoms. The molecule has 5 amide bonds. The summed E-state index contributed by atoms with van der Waals surface area (Å²) < 4.78 is 0. The number of carbonyl (C=O) groups excluding carboxylic acids is 6. The molecule has 0 atom stereocenters. The maximum atomic E-state index is 12.4. The van der Waals surface area contributed by atoms with E-state index in [1.807, 2.05) is 13.8 Å². The van der Waals surface area contributed by atoms with Crippen molar-refractivity contribution >= 4 is 35.3 Å². The van der Waals surface area contributed by atoms with Crippen LogP contribution in [0.3, 0.4) is 0 Å². The first-order chi connectivity index (χ1) is 15.8. The molecule has 0 saturated heterocycles. The molecule has 0 heterocycles. The van der Waals surface area contributed by atoms with E-state index in [1.54, 1.807) is 6.92 Å². The van der Waals surface area contributed by atoms with Crippen LogP contribution in [-0.2, 0) is 28.8 Å². The average molecular weight is 487 g/mol. The van der Waals surface area contributed by atoms with Crippen molar-refractivity contribution in [3.05, 3.63) is 0 Å². The first kappa shape index (κ1) is 33.2. The van der Waals surface area contributed by atoms with Crippen molar-refractivity contribution in [1.29, 1.82) is 0 Å². The van der Waals surface area contributed by atoms with Gasteiger partial charge >= 0.3 is 0 Å². The second kappa shape index (κ2) is 17.5. The lowest BCUT2D eigenvalue weighted by atomic mass is 10.3. The van der Waals surface area contributed by atoms with Gasteiger partial charge in [-0.25, -0.2) is 0 Å². The third kappa shape index (κ3) is 12.9. The highest BCUT2D eigenvalue weighted by molar-refractivity contribution is 5.91. The summed E-state index contributed by atoms with van der Waals surface area (Å²) in [7, 11) is 7.23. The Kier molecular flexibility index (Phi) is 17.0. The summed E-state index contributed by atoms with van der Waals surface area (Å²) in [6.45, 7) is 4.89. The third-order valence-corrected chi connectivity index (χ3v) is 4.78. The van der Waals surface area contributed by atoms with Gasteiger partial charge in [-0.05, 0) is 0 Å². The molecule has 0 aromatic carbocycles. The van der Waals surface area contributed by atoms with Crippen LogP contribution in [0.1, 0.15) is 33.6 Å². The Morgan fingerprint density at radius 2 is 0.794 bits per heavy atom. The smallest absolute Gasteiger partial charge is 0.242 e. The van der Waals surface area contributed by atoms with E-state index in [2.05, 4.69) is 0 Å². The maximum Gasteiger partial charge on any atom is 0.242 e. The number of nitrogens with zero attached hydrogens (tertiary/aromatic N) is 5. The molecule has 196 valence electrons.